The van der Waals surface area contributed by atoms with Gasteiger partial charge in [0.1, 0.15) is 0 Å². The van der Waals surface area contributed by atoms with E-state index in [1.807, 2.05) is 20.8 Å². The van der Waals surface area contributed by atoms with Crippen molar-refractivity contribution in [1.82, 2.24) is 0 Å². The third kappa shape index (κ3) is 11.1. The topological polar surface area (TPSA) is 23.8 Å². The van der Waals surface area contributed by atoms with Crippen LogP contribution in [0.15, 0.2) is 24.3 Å². The second-order valence-electron chi connectivity index (χ2n) is 7.20. The van der Waals surface area contributed by atoms with E-state index in [1.165, 1.54) is 42.0 Å². The molecule has 3 rings (SSSR count). The summed E-state index contributed by atoms with van der Waals surface area (Å²) in [5, 5.41) is 2.95. The van der Waals surface area contributed by atoms with E-state index in [4.69, 9.17) is 5.73 Å². The fourth-order valence-corrected chi connectivity index (χ4v) is 2.69. The molecule has 1 N–H and O–H groups in total. The first-order valence-corrected chi connectivity index (χ1v) is 10.3. The Balaban J connectivity index is -0.000000384. The molecule has 0 saturated heterocycles. The van der Waals surface area contributed by atoms with Gasteiger partial charge >= 0.3 is 21.7 Å². The molecule has 0 saturated carbocycles. The van der Waals surface area contributed by atoms with Crippen LogP contribution >= 0.6 is 0 Å². The molecule has 0 bridgehead atoms. The minimum absolute atomic E-state index is 0. The minimum atomic E-state index is -0.250. The fraction of sp³-hybridized carbons (Fsp3) is 0.500. The molecule has 0 aromatic heterocycles. The molecule has 0 amide bonds. The third-order valence-corrected chi connectivity index (χ3v) is 3.37. The van der Waals surface area contributed by atoms with Crippen molar-refractivity contribution in [2.24, 2.45) is 0 Å². The summed E-state index contributed by atoms with van der Waals surface area (Å²) in [6, 6.07) is 9.26. The van der Waals surface area contributed by atoms with Crippen LogP contribution in [0.2, 0.25) is 13.1 Å². The number of rotatable bonds is 0. The molecule has 2 radical (unpaired) electrons. The van der Waals surface area contributed by atoms with Gasteiger partial charge < -0.3 is 20.6 Å². The van der Waals surface area contributed by atoms with Crippen LogP contribution in [0.1, 0.15) is 50.3 Å². The van der Waals surface area contributed by atoms with Crippen molar-refractivity contribution >= 4 is 20.3 Å². The van der Waals surface area contributed by atoms with Crippen LogP contribution < -0.4 is 0 Å². The summed E-state index contributed by atoms with van der Waals surface area (Å²) in [6.07, 6.45) is 5.32. The van der Waals surface area contributed by atoms with E-state index in [1.54, 1.807) is 11.1 Å². The Morgan fingerprint density at radius 1 is 1.04 bits per heavy atom. The zero-order valence-corrected chi connectivity index (χ0v) is 20.2. The smallest absolute Gasteiger partial charge is 0.673 e. The molecule has 0 atom stereocenters. The number of fused-ring (bicyclic) bond motifs is 3. The molecule has 0 heterocycles. The summed E-state index contributed by atoms with van der Waals surface area (Å²) in [6.45, 7) is 12.1. The molecule has 0 unspecified atom stereocenters. The summed E-state index contributed by atoms with van der Waals surface area (Å²) >= 11 is 0. The number of aryl methyl sites for hydroxylation is 3. The van der Waals surface area contributed by atoms with Gasteiger partial charge in [-0.3, -0.25) is 0 Å². The quantitative estimate of drug-likeness (QED) is 0.333. The molecule has 2 aromatic rings. The normalized spacial score (nSPS) is 12.0. The molecule has 25 heavy (non-hydrogen) atoms. The number of hydrogen-bond donors (Lipinski definition) is 0. The Morgan fingerprint density at radius 3 is 2.04 bits per heavy atom. The zero-order valence-electron chi connectivity index (χ0n) is 17.6. The van der Waals surface area contributed by atoms with Gasteiger partial charge in [-0.2, -0.15) is 6.07 Å². The predicted molar refractivity (Wildman–Crippen MR) is 115 cm³/mol. The molecular weight excluding hydrogens is 354 g/mol. The average molecular weight is 391 g/mol. The second kappa shape index (κ2) is 13.9. The maximum atomic E-state index is 6.94. The fourth-order valence-electron chi connectivity index (χ4n) is 2.69. The van der Waals surface area contributed by atoms with Crippen molar-refractivity contribution in [3.05, 3.63) is 61.5 Å². The van der Waals surface area contributed by atoms with Gasteiger partial charge in [0.05, 0.1) is 0 Å². The van der Waals surface area contributed by atoms with Crippen molar-refractivity contribution < 1.29 is 21.7 Å². The molecule has 0 aliphatic heterocycles. The van der Waals surface area contributed by atoms with Crippen LogP contribution in [-0.4, -0.2) is 15.1 Å². The number of hydrogen-bond acceptors (Lipinski definition) is 0. The molecule has 1 aliphatic rings. The van der Waals surface area contributed by atoms with E-state index in [0.717, 1.165) is 9.52 Å². The van der Waals surface area contributed by atoms with Gasteiger partial charge in [0.2, 0.25) is 0 Å². The van der Waals surface area contributed by atoms with Gasteiger partial charge in [-0.25, -0.2) is 0 Å². The summed E-state index contributed by atoms with van der Waals surface area (Å²) < 4.78 is 0. The Hall–Kier alpha value is -0.279. The maximum Gasteiger partial charge on any atom is 4.00 e. The van der Waals surface area contributed by atoms with Crippen LogP contribution in [0.4, 0.5) is 0 Å². The van der Waals surface area contributed by atoms with Crippen molar-refractivity contribution in [2.45, 2.75) is 72.0 Å². The third-order valence-electron chi connectivity index (χ3n) is 3.37. The summed E-state index contributed by atoms with van der Waals surface area (Å²) in [5.74, 6) is 0. The summed E-state index contributed by atoms with van der Waals surface area (Å²) in [4.78, 5) is 0. The van der Waals surface area contributed by atoms with Crippen LogP contribution in [-0.2, 0) is 34.6 Å². The molecular formula is C22H37NSiTi. The SMILES string of the molecule is CC(C)(C)[NH-].C[Si]C.Cc1cc2c3c(ccc2[cH-]1)CCCC3.[CH3-].[CH3-].[Ti+4]. The van der Waals surface area contributed by atoms with Crippen molar-refractivity contribution in [3.63, 3.8) is 0 Å². The van der Waals surface area contributed by atoms with Crippen molar-refractivity contribution in [1.29, 1.82) is 0 Å². The molecule has 0 fully saturated rings. The van der Waals surface area contributed by atoms with E-state index in [9.17, 15) is 0 Å². The Bertz CT molecular complexity index is 575. The zero-order chi connectivity index (χ0) is 16.8. The molecule has 1 aliphatic carbocycles. The first-order valence-electron chi connectivity index (χ1n) is 8.27. The Morgan fingerprint density at radius 2 is 1.52 bits per heavy atom. The molecule has 2 aromatic carbocycles. The van der Waals surface area contributed by atoms with Crippen LogP contribution in [0.5, 0.6) is 0 Å². The van der Waals surface area contributed by atoms with Crippen molar-refractivity contribution in [3.8, 4) is 0 Å². The van der Waals surface area contributed by atoms with Gasteiger partial charge in [-0.1, -0.05) is 51.9 Å². The first kappa shape index (κ1) is 29.5. The Labute approximate surface area is 175 Å². The van der Waals surface area contributed by atoms with Gasteiger partial charge in [0.15, 0.2) is 0 Å². The van der Waals surface area contributed by atoms with Gasteiger partial charge in [0.25, 0.3) is 0 Å². The van der Waals surface area contributed by atoms with Gasteiger partial charge in [-0.15, -0.1) is 40.1 Å². The van der Waals surface area contributed by atoms with Crippen molar-refractivity contribution in [2.75, 3.05) is 0 Å². The molecule has 0 spiro atoms. The maximum absolute atomic E-state index is 6.94. The van der Waals surface area contributed by atoms with E-state index < -0.39 is 0 Å². The first-order chi connectivity index (χ1) is 10.3. The molecule has 138 valence electrons. The average Bonchev–Trinajstić information content (AvgIpc) is 2.78. The standard InChI is InChI=1S/C14H15.C4H10N.C2H6Si.2CH3.Ti/c1-10-8-12-7-6-11-4-2-3-5-13(11)14(12)9-10;1-4(2,3)5;1-3-2;;;/h6-9H,2-5H2,1H3;5H,1-3H3;1-2H3;2*1H3;/q2*-1;;2*-1;+4. The van der Waals surface area contributed by atoms with Crippen LogP contribution in [0, 0.1) is 21.8 Å². The van der Waals surface area contributed by atoms with E-state index >= 15 is 0 Å². The number of nitrogens with one attached hydrogen (secondary N) is 1. The van der Waals surface area contributed by atoms with Gasteiger partial charge in [0, 0.05) is 9.52 Å². The molecule has 1 nitrogen and oxygen atoms in total. The van der Waals surface area contributed by atoms with E-state index in [0.29, 0.717) is 0 Å². The monoisotopic (exact) mass is 391 g/mol. The Kier molecular flexibility index (Phi) is 16.3. The summed E-state index contributed by atoms with van der Waals surface area (Å²) in [7, 11) is 1.08. The summed E-state index contributed by atoms with van der Waals surface area (Å²) in [5.41, 5.74) is 11.3. The largest absolute Gasteiger partial charge is 4.00 e. The van der Waals surface area contributed by atoms with E-state index in [-0.39, 0.29) is 42.1 Å². The minimum Gasteiger partial charge on any atom is -0.673 e. The number of benzene rings is 1. The molecule has 3 heteroatoms. The predicted octanol–water partition coefficient (Wildman–Crippen LogP) is 7.27. The van der Waals surface area contributed by atoms with Crippen LogP contribution in [0.25, 0.3) is 16.5 Å². The van der Waals surface area contributed by atoms with Crippen LogP contribution in [0.3, 0.4) is 0 Å². The van der Waals surface area contributed by atoms with Gasteiger partial charge in [-0.05, 0) is 25.7 Å². The van der Waals surface area contributed by atoms with E-state index in [2.05, 4.69) is 44.3 Å². The second-order valence-corrected chi connectivity index (χ2v) is 8.20.